The van der Waals surface area contributed by atoms with Crippen molar-refractivity contribution in [2.24, 2.45) is 0 Å². The number of nitrogens with zero attached hydrogens (tertiary/aromatic N) is 1. The van der Waals surface area contributed by atoms with E-state index in [-0.39, 0.29) is 25.2 Å². The van der Waals surface area contributed by atoms with Gasteiger partial charge in [-0.2, -0.15) is 0 Å². The van der Waals surface area contributed by atoms with E-state index >= 15 is 0 Å². The third-order valence-corrected chi connectivity index (χ3v) is 2.81. The van der Waals surface area contributed by atoms with E-state index in [4.69, 9.17) is 9.84 Å². The van der Waals surface area contributed by atoms with Crippen LogP contribution in [0, 0.1) is 0 Å². The Bertz CT molecular complexity index is 266. The van der Waals surface area contributed by atoms with Crippen molar-refractivity contribution in [3.8, 4) is 0 Å². The normalized spacial score (nSPS) is 14.9. The van der Waals surface area contributed by atoms with Crippen LogP contribution in [0.2, 0.25) is 0 Å². The van der Waals surface area contributed by atoms with Crippen molar-refractivity contribution in [1.82, 2.24) is 10.2 Å². The van der Waals surface area contributed by atoms with Gasteiger partial charge in [-0.3, -0.25) is 4.79 Å². The average Bonchev–Trinajstić information content (AvgIpc) is 2.23. The van der Waals surface area contributed by atoms with Crippen LogP contribution in [0.15, 0.2) is 0 Å². The first kappa shape index (κ1) is 13.8. The van der Waals surface area contributed by atoms with E-state index in [0.717, 1.165) is 19.3 Å². The maximum Gasteiger partial charge on any atom is 0.325 e. The highest BCUT2D eigenvalue weighted by Gasteiger charge is 2.28. The summed E-state index contributed by atoms with van der Waals surface area (Å²) >= 11 is 0. The fourth-order valence-electron chi connectivity index (χ4n) is 1.72. The molecule has 0 aromatic rings. The van der Waals surface area contributed by atoms with Crippen molar-refractivity contribution in [1.29, 1.82) is 0 Å². The number of nitrogens with one attached hydrogen (secondary N) is 1. The zero-order valence-corrected chi connectivity index (χ0v) is 10.1. The van der Waals surface area contributed by atoms with Crippen LogP contribution < -0.4 is 5.32 Å². The number of hydrogen-bond donors (Lipinski definition) is 2. The van der Waals surface area contributed by atoms with Gasteiger partial charge in [-0.15, -0.1) is 0 Å². The lowest BCUT2D eigenvalue weighted by atomic mass is 9.92. The lowest BCUT2D eigenvalue weighted by Crippen LogP contribution is -2.51. The number of hydrogen-bond acceptors (Lipinski definition) is 4. The quantitative estimate of drug-likeness (QED) is 0.650. The average molecular weight is 244 g/mol. The molecule has 6 nitrogen and oxygen atoms in total. The molecule has 1 saturated carbocycles. The Morgan fingerprint density at radius 3 is 2.65 bits per heavy atom. The Kier molecular flexibility index (Phi) is 5.76. The molecule has 17 heavy (non-hydrogen) atoms. The molecule has 6 heteroatoms. The summed E-state index contributed by atoms with van der Waals surface area (Å²) < 4.78 is 4.71. The number of amides is 2. The number of carbonyl (C=O) groups excluding carboxylic acids is 2. The van der Waals surface area contributed by atoms with Gasteiger partial charge in [0, 0.05) is 12.6 Å². The molecule has 0 saturated heterocycles. The molecule has 1 fully saturated rings. The van der Waals surface area contributed by atoms with E-state index in [1.165, 1.54) is 0 Å². The molecule has 2 amide bonds. The lowest BCUT2D eigenvalue weighted by molar-refractivity contribution is -0.141. The van der Waals surface area contributed by atoms with Crippen molar-refractivity contribution < 1.29 is 19.4 Å². The zero-order valence-electron chi connectivity index (χ0n) is 10.1. The maximum atomic E-state index is 11.8. The number of carbonyl (C=O) groups is 2. The van der Waals surface area contributed by atoms with Crippen molar-refractivity contribution in [2.45, 2.75) is 32.2 Å². The van der Waals surface area contributed by atoms with Gasteiger partial charge >= 0.3 is 12.0 Å². The molecule has 1 rings (SSSR count). The van der Waals surface area contributed by atoms with Gasteiger partial charge in [0.25, 0.3) is 0 Å². The number of aliphatic hydroxyl groups excluding tert-OH is 1. The highest BCUT2D eigenvalue weighted by atomic mass is 16.5. The van der Waals surface area contributed by atoms with E-state index < -0.39 is 5.97 Å². The monoisotopic (exact) mass is 244 g/mol. The summed E-state index contributed by atoms with van der Waals surface area (Å²) in [4.78, 5) is 24.4. The summed E-state index contributed by atoms with van der Waals surface area (Å²) in [6, 6.07) is -0.110. The fourth-order valence-corrected chi connectivity index (χ4v) is 1.72. The Labute approximate surface area is 101 Å². The van der Waals surface area contributed by atoms with E-state index in [0.29, 0.717) is 13.2 Å². The molecule has 0 heterocycles. The zero-order chi connectivity index (χ0) is 12.7. The van der Waals surface area contributed by atoms with Crippen LogP contribution >= 0.6 is 0 Å². The third kappa shape index (κ3) is 4.22. The highest BCUT2D eigenvalue weighted by Crippen LogP contribution is 2.24. The predicted octanol–water partition coefficient (Wildman–Crippen LogP) is 0.106. The summed E-state index contributed by atoms with van der Waals surface area (Å²) in [7, 11) is 0. The molecular weight excluding hydrogens is 224 g/mol. The van der Waals surface area contributed by atoms with Gasteiger partial charge in [0.05, 0.1) is 13.2 Å². The van der Waals surface area contributed by atoms with Crippen molar-refractivity contribution in [3.05, 3.63) is 0 Å². The molecule has 1 aliphatic rings. The Balaban J connectivity index is 2.34. The van der Waals surface area contributed by atoms with E-state index in [1.54, 1.807) is 11.8 Å². The minimum atomic E-state index is -0.446. The predicted molar refractivity (Wildman–Crippen MR) is 61.5 cm³/mol. The summed E-state index contributed by atoms with van der Waals surface area (Å²) in [5, 5.41) is 11.4. The summed E-state index contributed by atoms with van der Waals surface area (Å²) in [5.41, 5.74) is 0. The van der Waals surface area contributed by atoms with Gasteiger partial charge in [-0.05, 0) is 26.2 Å². The number of rotatable bonds is 6. The van der Waals surface area contributed by atoms with Gasteiger partial charge in [-0.25, -0.2) is 4.79 Å². The molecule has 2 N–H and O–H groups in total. The number of esters is 1. The Hall–Kier alpha value is -1.30. The molecule has 0 unspecified atom stereocenters. The van der Waals surface area contributed by atoms with Gasteiger partial charge in [-0.1, -0.05) is 0 Å². The standard InChI is InChI=1S/C11H20N2O4/c1-2-17-10(15)8-12-11(16)13(6-7-14)9-4-3-5-9/h9,14H,2-8H2,1H3,(H,12,16). The van der Waals surface area contributed by atoms with Gasteiger partial charge in [0.15, 0.2) is 0 Å². The summed E-state index contributed by atoms with van der Waals surface area (Å²) in [6.45, 7) is 2.13. The second kappa shape index (κ2) is 7.11. The van der Waals surface area contributed by atoms with Gasteiger partial charge < -0.3 is 20.1 Å². The lowest BCUT2D eigenvalue weighted by Gasteiger charge is -2.37. The number of ether oxygens (including phenoxy) is 1. The van der Waals surface area contributed by atoms with Crippen LogP contribution in [-0.2, 0) is 9.53 Å². The van der Waals surface area contributed by atoms with Crippen LogP contribution in [0.25, 0.3) is 0 Å². The maximum absolute atomic E-state index is 11.8. The van der Waals surface area contributed by atoms with E-state index in [9.17, 15) is 9.59 Å². The van der Waals surface area contributed by atoms with Crippen LogP contribution in [0.4, 0.5) is 4.79 Å². The van der Waals surface area contributed by atoms with Crippen LogP contribution in [-0.4, -0.2) is 54.4 Å². The molecule has 0 bridgehead atoms. The van der Waals surface area contributed by atoms with Gasteiger partial charge in [0.1, 0.15) is 6.54 Å². The molecule has 98 valence electrons. The molecule has 0 atom stereocenters. The fraction of sp³-hybridized carbons (Fsp3) is 0.818. The highest BCUT2D eigenvalue weighted by molar-refractivity contribution is 5.81. The largest absolute Gasteiger partial charge is 0.465 e. The van der Waals surface area contributed by atoms with Crippen molar-refractivity contribution >= 4 is 12.0 Å². The molecule has 0 spiro atoms. The molecule has 0 radical (unpaired) electrons. The Morgan fingerprint density at radius 2 is 2.18 bits per heavy atom. The number of urea groups is 1. The first-order valence-corrected chi connectivity index (χ1v) is 6.00. The third-order valence-electron chi connectivity index (χ3n) is 2.81. The first-order chi connectivity index (χ1) is 8.19. The van der Waals surface area contributed by atoms with Crippen molar-refractivity contribution in [3.63, 3.8) is 0 Å². The summed E-state index contributed by atoms with van der Waals surface area (Å²) in [6.07, 6.45) is 3.04. The second-order valence-electron chi connectivity index (χ2n) is 3.97. The smallest absolute Gasteiger partial charge is 0.325 e. The number of aliphatic hydroxyl groups is 1. The van der Waals surface area contributed by atoms with Crippen LogP contribution in [0.3, 0.4) is 0 Å². The Morgan fingerprint density at radius 1 is 1.47 bits per heavy atom. The molecule has 0 aromatic carbocycles. The van der Waals surface area contributed by atoms with Crippen molar-refractivity contribution in [2.75, 3.05) is 26.3 Å². The molecular formula is C11H20N2O4. The SMILES string of the molecule is CCOC(=O)CNC(=O)N(CCO)C1CCC1. The molecule has 0 aromatic heterocycles. The van der Waals surface area contributed by atoms with Gasteiger partial charge in [0.2, 0.25) is 0 Å². The minimum Gasteiger partial charge on any atom is -0.465 e. The topological polar surface area (TPSA) is 78.9 Å². The van der Waals surface area contributed by atoms with E-state index in [2.05, 4.69) is 5.32 Å². The first-order valence-electron chi connectivity index (χ1n) is 6.00. The summed E-state index contributed by atoms with van der Waals surface area (Å²) in [5.74, 6) is -0.446. The van der Waals surface area contributed by atoms with Crippen LogP contribution in [0.1, 0.15) is 26.2 Å². The second-order valence-corrected chi connectivity index (χ2v) is 3.97. The molecule has 0 aliphatic heterocycles. The van der Waals surface area contributed by atoms with Crippen LogP contribution in [0.5, 0.6) is 0 Å². The van der Waals surface area contributed by atoms with E-state index in [1.807, 2.05) is 0 Å². The minimum absolute atomic E-state index is 0.0661. The molecule has 1 aliphatic carbocycles.